The van der Waals surface area contributed by atoms with E-state index in [9.17, 15) is 13.2 Å². The first-order valence-corrected chi connectivity index (χ1v) is 13.5. The monoisotopic (exact) mass is 488 g/mol. The van der Waals surface area contributed by atoms with Gasteiger partial charge in [-0.25, -0.2) is 13.4 Å². The molecule has 1 aliphatic rings. The molecule has 1 saturated heterocycles. The van der Waals surface area contributed by atoms with Gasteiger partial charge in [0.1, 0.15) is 5.75 Å². The van der Waals surface area contributed by atoms with Crippen LogP contribution in [0.1, 0.15) is 44.0 Å². The Morgan fingerprint density at radius 3 is 2.79 bits per heavy atom. The van der Waals surface area contributed by atoms with Crippen LogP contribution in [-0.2, 0) is 14.6 Å². The highest BCUT2D eigenvalue weighted by molar-refractivity contribution is 7.92. The SMILES string of the molecule is CCOc1ccc2nc(N(CC3CCCO3)C(=O)c3cccc(S(=O)(=O)C(C)C)c3)sc2c1. The number of hydrogen-bond acceptors (Lipinski definition) is 7. The number of ether oxygens (including phenoxy) is 2. The minimum Gasteiger partial charge on any atom is -0.494 e. The Kier molecular flexibility index (Phi) is 7.02. The van der Waals surface area contributed by atoms with Gasteiger partial charge in [-0.05, 0) is 70.0 Å². The number of thiazole rings is 1. The maximum absolute atomic E-state index is 13.6. The van der Waals surface area contributed by atoms with Crippen molar-refractivity contribution in [1.82, 2.24) is 4.98 Å². The molecular weight excluding hydrogens is 460 g/mol. The first kappa shape index (κ1) is 23.7. The van der Waals surface area contributed by atoms with Crippen molar-refractivity contribution < 1.29 is 22.7 Å². The number of aromatic nitrogens is 1. The summed E-state index contributed by atoms with van der Waals surface area (Å²) in [5, 5.41) is -0.0223. The van der Waals surface area contributed by atoms with Gasteiger partial charge in [0.05, 0.1) is 39.6 Å². The molecule has 176 valence electrons. The molecule has 3 aromatic rings. The van der Waals surface area contributed by atoms with Gasteiger partial charge >= 0.3 is 0 Å². The fraction of sp³-hybridized carbons (Fsp3) is 0.417. The molecule has 0 aliphatic carbocycles. The molecule has 4 rings (SSSR count). The van der Waals surface area contributed by atoms with Crippen LogP contribution in [0.3, 0.4) is 0 Å². The normalized spacial score (nSPS) is 16.4. The smallest absolute Gasteiger partial charge is 0.260 e. The number of benzene rings is 2. The summed E-state index contributed by atoms with van der Waals surface area (Å²) >= 11 is 1.41. The molecule has 1 aliphatic heterocycles. The fourth-order valence-corrected chi connectivity index (χ4v) is 5.84. The molecule has 0 N–H and O–H groups in total. The zero-order chi connectivity index (χ0) is 23.6. The summed E-state index contributed by atoms with van der Waals surface area (Å²) in [6.07, 6.45) is 1.74. The predicted molar refractivity (Wildman–Crippen MR) is 130 cm³/mol. The molecule has 2 heterocycles. The van der Waals surface area contributed by atoms with Crippen molar-refractivity contribution >= 4 is 42.4 Å². The molecule has 0 bridgehead atoms. The van der Waals surface area contributed by atoms with Gasteiger partial charge in [-0.2, -0.15) is 0 Å². The molecule has 7 nitrogen and oxygen atoms in total. The summed E-state index contributed by atoms with van der Waals surface area (Å²) in [7, 11) is -3.50. The lowest BCUT2D eigenvalue weighted by atomic mass is 10.2. The summed E-state index contributed by atoms with van der Waals surface area (Å²) in [4.78, 5) is 20.1. The number of sulfone groups is 1. The Bertz CT molecular complexity index is 1250. The molecule has 1 fully saturated rings. The quantitative estimate of drug-likeness (QED) is 0.457. The first-order chi connectivity index (χ1) is 15.8. The summed E-state index contributed by atoms with van der Waals surface area (Å²) in [5.41, 5.74) is 1.09. The van der Waals surface area contributed by atoms with Gasteiger partial charge in [-0.15, -0.1) is 0 Å². The van der Waals surface area contributed by atoms with Gasteiger partial charge in [-0.1, -0.05) is 17.4 Å². The highest BCUT2D eigenvalue weighted by Crippen LogP contribution is 2.33. The lowest BCUT2D eigenvalue weighted by Crippen LogP contribution is -2.37. The van der Waals surface area contributed by atoms with Crippen LogP contribution in [0.5, 0.6) is 5.75 Å². The molecule has 1 unspecified atom stereocenters. The Hall–Kier alpha value is -2.49. The van der Waals surface area contributed by atoms with Crippen molar-refractivity contribution in [2.24, 2.45) is 0 Å². The lowest BCUT2D eigenvalue weighted by molar-refractivity contribution is 0.0917. The van der Waals surface area contributed by atoms with E-state index in [0.717, 1.165) is 28.8 Å². The minimum absolute atomic E-state index is 0.0810. The average Bonchev–Trinajstić information content (AvgIpc) is 3.46. The molecule has 2 aromatic carbocycles. The number of rotatable bonds is 8. The maximum atomic E-state index is 13.6. The number of amides is 1. The molecule has 1 amide bonds. The van der Waals surface area contributed by atoms with E-state index < -0.39 is 15.1 Å². The van der Waals surface area contributed by atoms with E-state index >= 15 is 0 Å². The van der Waals surface area contributed by atoms with E-state index in [-0.39, 0.29) is 16.9 Å². The zero-order valence-corrected chi connectivity index (χ0v) is 20.6. The van der Waals surface area contributed by atoms with Gasteiger partial charge < -0.3 is 9.47 Å². The molecule has 0 radical (unpaired) electrons. The average molecular weight is 489 g/mol. The van der Waals surface area contributed by atoms with Crippen LogP contribution in [0.25, 0.3) is 10.2 Å². The second-order valence-electron chi connectivity index (χ2n) is 8.23. The molecule has 1 aromatic heterocycles. The molecular formula is C24H28N2O5S2. The van der Waals surface area contributed by atoms with Crippen LogP contribution in [0, 0.1) is 0 Å². The van der Waals surface area contributed by atoms with E-state index in [4.69, 9.17) is 14.5 Å². The standard InChI is InChI=1S/C24H28N2O5S2/c1-4-30-18-10-11-21-22(14-18)32-24(25-21)26(15-19-8-6-12-31-19)23(27)17-7-5-9-20(13-17)33(28,29)16(2)3/h5,7,9-11,13-14,16,19H,4,6,8,12,15H2,1-3H3. The summed E-state index contributed by atoms with van der Waals surface area (Å²) in [6.45, 7) is 6.79. The van der Waals surface area contributed by atoms with Gasteiger partial charge in [0.2, 0.25) is 0 Å². The summed E-state index contributed by atoms with van der Waals surface area (Å²) < 4.78 is 37.6. The topological polar surface area (TPSA) is 85.8 Å². The number of nitrogens with zero attached hydrogens (tertiary/aromatic N) is 2. The van der Waals surface area contributed by atoms with E-state index in [1.807, 2.05) is 25.1 Å². The number of hydrogen-bond donors (Lipinski definition) is 0. The Morgan fingerprint density at radius 1 is 1.27 bits per heavy atom. The van der Waals surface area contributed by atoms with Crippen LogP contribution in [0.15, 0.2) is 47.4 Å². The molecule has 9 heteroatoms. The van der Waals surface area contributed by atoms with Crippen LogP contribution < -0.4 is 9.64 Å². The minimum atomic E-state index is -3.50. The highest BCUT2D eigenvalue weighted by atomic mass is 32.2. The highest BCUT2D eigenvalue weighted by Gasteiger charge is 2.28. The summed E-state index contributed by atoms with van der Waals surface area (Å²) in [5.74, 6) is 0.458. The first-order valence-electron chi connectivity index (χ1n) is 11.1. The Morgan fingerprint density at radius 2 is 2.09 bits per heavy atom. The molecule has 0 spiro atoms. The second kappa shape index (κ2) is 9.79. The number of fused-ring (bicyclic) bond motifs is 1. The van der Waals surface area contributed by atoms with Crippen molar-refractivity contribution in [3.05, 3.63) is 48.0 Å². The summed E-state index contributed by atoms with van der Waals surface area (Å²) in [6, 6.07) is 11.9. The van der Waals surface area contributed by atoms with Crippen molar-refractivity contribution in [3.8, 4) is 5.75 Å². The third kappa shape index (κ3) is 5.05. The van der Waals surface area contributed by atoms with E-state index in [1.54, 1.807) is 30.9 Å². The van der Waals surface area contributed by atoms with E-state index in [0.29, 0.717) is 30.5 Å². The Labute approximate surface area is 198 Å². The fourth-order valence-electron chi connectivity index (χ4n) is 3.74. The third-order valence-electron chi connectivity index (χ3n) is 5.58. The van der Waals surface area contributed by atoms with E-state index in [1.165, 1.54) is 23.5 Å². The van der Waals surface area contributed by atoms with Gasteiger partial charge in [0.25, 0.3) is 5.91 Å². The third-order valence-corrected chi connectivity index (χ3v) is 8.77. The van der Waals surface area contributed by atoms with Crippen molar-refractivity contribution in [2.45, 2.75) is 49.9 Å². The maximum Gasteiger partial charge on any atom is 0.260 e. The van der Waals surface area contributed by atoms with Crippen LogP contribution in [0.4, 0.5) is 5.13 Å². The number of anilines is 1. The second-order valence-corrected chi connectivity index (χ2v) is 11.7. The van der Waals surface area contributed by atoms with Crippen molar-refractivity contribution in [1.29, 1.82) is 0 Å². The molecule has 0 saturated carbocycles. The Balaban J connectivity index is 1.72. The van der Waals surface area contributed by atoms with Gasteiger partial charge in [0.15, 0.2) is 15.0 Å². The lowest BCUT2D eigenvalue weighted by Gasteiger charge is -2.23. The molecule has 33 heavy (non-hydrogen) atoms. The molecule has 1 atom stereocenters. The van der Waals surface area contributed by atoms with Crippen LogP contribution in [-0.4, -0.2) is 50.4 Å². The predicted octanol–water partition coefficient (Wildman–Crippen LogP) is 4.70. The number of carbonyl (C=O) groups excluding carboxylic acids is 1. The van der Waals surface area contributed by atoms with Crippen molar-refractivity contribution in [3.63, 3.8) is 0 Å². The van der Waals surface area contributed by atoms with Crippen LogP contribution in [0.2, 0.25) is 0 Å². The zero-order valence-electron chi connectivity index (χ0n) is 19.0. The van der Waals surface area contributed by atoms with Gasteiger partial charge in [0, 0.05) is 12.2 Å². The van der Waals surface area contributed by atoms with Crippen molar-refractivity contribution in [2.75, 3.05) is 24.7 Å². The number of carbonyl (C=O) groups is 1. The van der Waals surface area contributed by atoms with Gasteiger partial charge in [-0.3, -0.25) is 9.69 Å². The van der Waals surface area contributed by atoms with E-state index in [2.05, 4.69) is 0 Å². The van der Waals surface area contributed by atoms with Crippen LogP contribution >= 0.6 is 11.3 Å². The largest absolute Gasteiger partial charge is 0.494 e.